The molecule has 0 unspecified atom stereocenters. The van der Waals surface area contributed by atoms with E-state index < -0.39 is 0 Å². The van der Waals surface area contributed by atoms with E-state index in [0.29, 0.717) is 42.2 Å². The summed E-state index contributed by atoms with van der Waals surface area (Å²) in [6.45, 7) is 1.34. The molecule has 6 rings (SSSR count). The van der Waals surface area contributed by atoms with E-state index in [2.05, 4.69) is 30.9 Å². The zero-order valence-corrected chi connectivity index (χ0v) is 21.8. The van der Waals surface area contributed by atoms with Gasteiger partial charge in [-0.05, 0) is 41.8 Å². The minimum atomic E-state index is -0.377. The molecule has 0 bridgehead atoms. The van der Waals surface area contributed by atoms with E-state index >= 15 is 0 Å². The average molecular weight is 528 g/mol. The number of imidazole rings is 1. The zero-order chi connectivity index (χ0) is 26.9. The molecule has 10 heteroatoms. The van der Waals surface area contributed by atoms with Gasteiger partial charge in [-0.2, -0.15) is 0 Å². The second-order valence-electron chi connectivity index (χ2n) is 9.89. The molecule has 4 N–H and O–H groups in total. The molecule has 2 atom stereocenters. The van der Waals surface area contributed by atoms with E-state index in [1.54, 1.807) is 13.4 Å². The van der Waals surface area contributed by atoms with Crippen LogP contribution in [0.5, 0.6) is 0 Å². The maximum Gasteiger partial charge on any atom is 0.237 e. The van der Waals surface area contributed by atoms with Crippen LogP contribution in [0, 0.1) is 5.82 Å². The lowest BCUT2D eigenvalue weighted by molar-refractivity contribution is -0.123. The highest BCUT2D eigenvalue weighted by Gasteiger charge is 2.29. The van der Waals surface area contributed by atoms with Crippen molar-refractivity contribution in [1.29, 1.82) is 0 Å². The fourth-order valence-electron chi connectivity index (χ4n) is 5.17. The fraction of sp³-hybridized carbons (Fsp3) is 0.276. The van der Waals surface area contributed by atoms with Gasteiger partial charge in [0, 0.05) is 43.8 Å². The summed E-state index contributed by atoms with van der Waals surface area (Å²) in [5.74, 6) is 0.167. The van der Waals surface area contributed by atoms with Crippen molar-refractivity contribution in [2.75, 3.05) is 18.9 Å². The number of hydrogen-bond donors (Lipinski definition) is 4. The van der Waals surface area contributed by atoms with Crippen LogP contribution >= 0.6 is 0 Å². The number of benzene rings is 2. The number of fused-ring (bicyclic) bond motifs is 3. The SMILES string of the molecule is CNc1nc2[nH]c(-c3cc(F)cc(CNC(=O)[C@@H]4C[C@@H](OCc5ccccc5)CN4)c3)cc2c2c1ncn2C. The topological polar surface area (TPSA) is 109 Å². The number of aromatic nitrogens is 4. The quantitative estimate of drug-likeness (QED) is 0.244. The van der Waals surface area contributed by atoms with E-state index in [1.165, 1.54) is 12.1 Å². The van der Waals surface area contributed by atoms with Gasteiger partial charge in [0.15, 0.2) is 5.82 Å². The van der Waals surface area contributed by atoms with Crippen LogP contribution in [0.15, 0.2) is 60.9 Å². The van der Waals surface area contributed by atoms with Gasteiger partial charge >= 0.3 is 0 Å². The summed E-state index contributed by atoms with van der Waals surface area (Å²) in [6.07, 6.45) is 2.30. The first-order chi connectivity index (χ1) is 19.0. The van der Waals surface area contributed by atoms with Crippen LogP contribution in [0.25, 0.3) is 33.3 Å². The Balaban J connectivity index is 1.14. The average Bonchev–Trinajstić information content (AvgIpc) is 3.69. The Labute approximate surface area is 224 Å². The number of aryl methyl sites for hydroxylation is 1. The minimum Gasteiger partial charge on any atom is -0.372 e. The van der Waals surface area contributed by atoms with Crippen LogP contribution in [0.3, 0.4) is 0 Å². The van der Waals surface area contributed by atoms with Gasteiger partial charge in [0.2, 0.25) is 5.91 Å². The van der Waals surface area contributed by atoms with Crippen molar-refractivity contribution >= 4 is 33.8 Å². The summed E-state index contributed by atoms with van der Waals surface area (Å²) in [6, 6.07) is 16.4. The maximum absolute atomic E-state index is 14.7. The first kappa shape index (κ1) is 25.0. The lowest BCUT2D eigenvalue weighted by Gasteiger charge is -2.13. The van der Waals surface area contributed by atoms with E-state index in [9.17, 15) is 9.18 Å². The third-order valence-corrected chi connectivity index (χ3v) is 7.14. The molecular formula is C29H30FN7O2. The van der Waals surface area contributed by atoms with Gasteiger partial charge in [-0.3, -0.25) is 4.79 Å². The highest BCUT2D eigenvalue weighted by molar-refractivity contribution is 6.07. The lowest BCUT2D eigenvalue weighted by atomic mass is 10.1. The van der Waals surface area contributed by atoms with Crippen molar-refractivity contribution in [2.45, 2.75) is 31.7 Å². The highest BCUT2D eigenvalue weighted by Crippen LogP contribution is 2.32. The Bertz CT molecular complexity index is 1650. The molecule has 5 aromatic rings. The molecule has 1 fully saturated rings. The van der Waals surface area contributed by atoms with Crippen LogP contribution < -0.4 is 16.0 Å². The van der Waals surface area contributed by atoms with Gasteiger partial charge in [0.25, 0.3) is 0 Å². The third-order valence-electron chi connectivity index (χ3n) is 7.14. The molecule has 1 aliphatic rings. The lowest BCUT2D eigenvalue weighted by Crippen LogP contribution is -2.40. The Hall–Kier alpha value is -4.28. The van der Waals surface area contributed by atoms with Crippen LogP contribution in [0.2, 0.25) is 0 Å². The summed E-state index contributed by atoms with van der Waals surface area (Å²) in [4.78, 5) is 25.3. The Morgan fingerprint density at radius 1 is 1.18 bits per heavy atom. The summed E-state index contributed by atoms with van der Waals surface area (Å²) < 4.78 is 22.6. The van der Waals surface area contributed by atoms with Crippen molar-refractivity contribution in [3.8, 4) is 11.3 Å². The van der Waals surface area contributed by atoms with Gasteiger partial charge < -0.3 is 30.2 Å². The van der Waals surface area contributed by atoms with Crippen LogP contribution in [0.1, 0.15) is 17.5 Å². The predicted octanol–water partition coefficient (Wildman–Crippen LogP) is 3.86. The molecule has 2 aromatic carbocycles. The van der Waals surface area contributed by atoms with Gasteiger partial charge in [-0.25, -0.2) is 14.4 Å². The summed E-state index contributed by atoms with van der Waals surface area (Å²) in [5, 5.41) is 10.2. The second kappa shape index (κ2) is 10.5. The molecule has 39 heavy (non-hydrogen) atoms. The number of anilines is 1. The molecule has 3 aromatic heterocycles. The Morgan fingerprint density at radius 2 is 2.03 bits per heavy atom. The van der Waals surface area contributed by atoms with Crippen molar-refractivity contribution in [3.05, 3.63) is 77.9 Å². The largest absolute Gasteiger partial charge is 0.372 e. The molecule has 0 radical (unpaired) electrons. The number of pyridine rings is 1. The Morgan fingerprint density at radius 3 is 2.85 bits per heavy atom. The number of ether oxygens (including phenoxy) is 1. The molecule has 1 saturated heterocycles. The molecule has 0 spiro atoms. The van der Waals surface area contributed by atoms with Gasteiger partial charge in [-0.15, -0.1) is 0 Å². The number of amides is 1. The van der Waals surface area contributed by atoms with E-state index in [4.69, 9.17) is 4.74 Å². The molecule has 0 aliphatic carbocycles. The highest BCUT2D eigenvalue weighted by atomic mass is 19.1. The maximum atomic E-state index is 14.7. The first-order valence-electron chi connectivity index (χ1n) is 13.0. The summed E-state index contributed by atoms with van der Waals surface area (Å²) in [7, 11) is 3.74. The van der Waals surface area contributed by atoms with Crippen molar-refractivity contribution in [1.82, 2.24) is 30.2 Å². The van der Waals surface area contributed by atoms with Gasteiger partial charge in [-0.1, -0.05) is 30.3 Å². The molecule has 9 nitrogen and oxygen atoms in total. The molecule has 1 amide bonds. The number of rotatable bonds is 8. The van der Waals surface area contributed by atoms with Crippen LogP contribution in [-0.2, 0) is 29.7 Å². The number of nitrogens with one attached hydrogen (secondary N) is 4. The number of carbonyl (C=O) groups is 1. The molecule has 1 aliphatic heterocycles. The van der Waals surface area contributed by atoms with Crippen molar-refractivity contribution < 1.29 is 13.9 Å². The summed E-state index contributed by atoms with van der Waals surface area (Å²) in [5.41, 5.74) is 5.57. The van der Waals surface area contributed by atoms with Gasteiger partial charge in [0.1, 0.15) is 17.0 Å². The number of nitrogens with zero attached hydrogens (tertiary/aromatic N) is 3. The Kier molecular flexibility index (Phi) is 6.72. The second-order valence-corrected chi connectivity index (χ2v) is 9.89. The number of halogens is 1. The van der Waals surface area contributed by atoms with E-state index in [1.807, 2.05) is 54.1 Å². The van der Waals surface area contributed by atoms with Gasteiger partial charge in [0.05, 0.1) is 30.6 Å². The molecular weight excluding hydrogens is 497 g/mol. The van der Waals surface area contributed by atoms with Crippen LogP contribution in [-0.4, -0.2) is 51.2 Å². The fourth-order valence-corrected chi connectivity index (χ4v) is 5.17. The number of hydrogen-bond acceptors (Lipinski definition) is 6. The van der Waals surface area contributed by atoms with E-state index in [0.717, 1.165) is 27.7 Å². The number of aromatic amines is 1. The molecule has 4 heterocycles. The monoisotopic (exact) mass is 527 g/mol. The third kappa shape index (κ3) is 5.08. The zero-order valence-electron chi connectivity index (χ0n) is 21.8. The smallest absolute Gasteiger partial charge is 0.237 e. The summed E-state index contributed by atoms with van der Waals surface area (Å²) >= 11 is 0. The molecule has 0 saturated carbocycles. The number of carbonyl (C=O) groups excluding carboxylic acids is 1. The number of H-pyrrole nitrogens is 1. The predicted molar refractivity (Wildman–Crippen MR) is 149 cm³/mol. The first-order valence-corrected chi connectivity index (χ1v) is 13.0. The standard InChI is InChI=1S/C29H30FN7O2/c1-31-28-25-26(37(2)16-34-25)22-12-23(35-27(22)36-28)19-8-18(9-20(30)10-19)13-33-29(38)24-11-21(14-32-24)39-15-17-6-4-3-5-7-17/h3-10,12,16,21,24,32H,11,13-15H2,1-2H3,(H,33,38)(H2,31,35,36)/t21-,24+/m1/s1. The molecule has 200 valence electrons. The normalized spacial score (nSPS) is 17.2. The van der Waals surface area contributed by atoms with E-state index in [-0.39, 0.29) is 30.4 Å². The van der Waals surface area contributed by atoms with Crippen molar-refractivity contribution in [3.63, 3.8) is 0 Å². The minimum absolute atomic E-state index is 0.0355. The van der Waals surface area contributed by atoms with Crippen LogP contribution in [0.4, 0.5) is 10.2 Å². The van der Waals surface area contributed by atoms with Crippen molar-refractivity contribution in [2.24, 2.45) is 7.05 Å².